The Morgan fingerprint density at radius 3 is 3.13 bits per heavy atom. The lowest BCUT2D eigenvalue weighted by Gasteiger charge is -2.53. The predicted molar refractivity (Wildman–Crippen MR) is 60.9 cm³/mol. The Bertz CT molecular complexity index is 254. The number of Topliss-reactive ketones (excluding diaryl/α,β-unsaturated/α-hetero) is 1. The van der Waals surface area contributed by atoms with E-state index in [4.69, 9.17) is 0 Å². The van der Waals surface area contributed by atoms with Crippen LogP contribution in [0.2, 0.25) is 0 Å². The molecule has 0 aliphatic carbocycles. The first-order valence-corrected chi connectivity index (χ1v) is 6.13. The van der Waals surface area contributed by atoms with Gasteiger partial charge in [-0.1, -0.05) is 19.8 Å². The number of carbonyl (C=O) groups is 1. The largest absolute Gasteiger partial charge is 0.313 e. The first kappa shape index (κ1) is 11.1. The molecule has 3 nitrogen and oxygen atoms in total. The monoisotopic (exact) mass is 210 g/mol. The third-order valence-electron chi connectivity index (χ3n) is 4.12. The number of carbonyl (C=O) groups excluding carboxylic acids is 1. The van der Waals surface area contributed by atoms with Crippen molar-refractivity contribution >= 4 is 5.78 Å². The molecule has 0 radical (unpaired) electrons. The summed E-state index contributed by atoms with van der Waals surface area (Å²) in [5, 5.41) is 3.49. The van der Waals surface area contributed by atoms with E-state index >= 15 is 0 Å². The van der Waals surface area contributed by atoms with Gasteiger partial charge in [0.2, 0.25) is 0 Å². The number of rotatable bonds is 3. The Balaban J connectivity index is 2.13. The Labute approximate surface area is 92.2 Å². The van der Waals surface area contributed by atoms with Gasteiger partial charge in [-0.3, -0.25) is 9.69 Å². The third kappa shape index (κ3) is 1.95. The minimum absolute atomic E-state index is 0.133. The lowest BCUT2D eigenvalue weighted by Crippen LogP contribution is -2.67. The molecule has 2 fully saturated rings. The molecule has 86 valence electrons. The number of piperidine rings is 1. The van der Waals surface area contributed by atoms with Crippen molar-refractivity contribution in [2.45, 2.75) is 50.6 Å². The molecule has 0 spiro atoms. The molecule has 0 aromatic rings. The van der Waals surface area contributed by atoms with E-state index in [1.165, 1.54) is 12.8 Å². The second kappa shape index (κ2) is 4.22. The highest BCUT2D eigenvalue weighted by molar-refractivity contribution is 5.81. The normalized spacial score (nSPS) is 36.9. The van der Waals surface area contributed by atoms with Crippen LogP contribution in [0.3, 0.4) is 0 Å². The maximum atomic E-state index is 11.7. The fourth-order valence-electron chi connectivity index (χ4n) is 3.08. The van der Waals surface area contributed by atoms with Crippen LogP contribution < -0.4 is 5.32 Å². The first-order chi connectivity index (χ1) is 7.18. The summed E-state index contributed by atoms with van der Waals surface area (Å²) in [7, 11) is 2.20. The van der Waals surface area contributed by atoms with Crippen molar-refractivity contribution in [3.05, 3.63) is 0 Å². The van der Waals surface area contributed by atoms with Gasteiger partial charge >= 0.3 is 0 Å². The lowest BCUT2D eigenvalue weighted by atomic mass is 9.77. The number of likely N-dealkylation sites (N-methyl/N-ethyl adjacent to an activating group) is 1. The maximum absolute atomic E-state index is 11.7. The zero-order chi connectivity index (χ0) is 10.9. The van der Waals surface area contributed by atoms with Crippen molar-refractivity contribution in [3.8, 4) is 0 Å². The van der Waals surface area contributed by atoms with Crippen molar-refractivity contribution in [3.63, 3.8) is 0 Å². The Hall–Kier alpha value is -0.410. The molecule has 2 unspecified atom stereocenters. The van der Waals surface area contributed by atoms with Gasteiger partial charge in [0.15, 0.2) is 0 Å². The number of fused-ring (bicyclic) bond motifs is 2. The molecule has 2 bridgehead atoms. The molecule has 2 aliphatic rings. The van der Waals surface area contributed by atoms with Crippen molar-refractivity contribution in [1.82, 2.24) is 10.2 Å². The van der Waals surface area contributed by atoms with E-state index in [0.29, 0.717) is 11.8 Å². The Kier molecular flexibility index (Phi) is 3.12. The SMILES string of the molecule is CCCCC12CNCC(CC(=O)C1)N2C. The van der Waals surface area contributed by atoms with Crippen LogP contribution in [0.25, 0.3) is 0 Å². The second-order valence-electron chi connectivity index (χ2n) is 5.14. The summed E-state index contributed by atoms with van der Waals surface area (Å²) in [4.78, 5) is 14.2. The van der Waals surface area contributed by atoms with E-state index in [2.05, 4.69) is 24.2 Å². The second-order valence-corrected chi connectivity index (χ2v) is 5.14. The average molecular weight is 210 g/mol. The molecule has 15 heavy (non-hydrogen) atoms. The van der Waals surface area contributed by atoms with Gasteiger partial charge in [0.1, 0.15) is 5.78 Å². The fraction of sp³-hybridized carbons (Fsp3) is 0.917. The van der Waals surface area contributed by atoms with Crippen LogP contribution in [0.4, 0.5) is 0 Å². The summed E-state index contributed by atoms with van der Waals surface area (Å²) in [5.74, 6) is 0.468. The topological polar surface area (TPSA) is 32.3 Å². The van der Waals surface area contributed by atoms with Gasteiger partial charge in [0, 0.05) is 37.5 Å². The van der Waals surface area contributed by atoms with Crippen molar-refractivity contribution < 1.29 is 4.79 Å². The summed E-state index contributed by atoms with van der Waals surface area (Å²) in [5.41, 5.74) is 0.133. The Morgan fingerprint density at radius 2 is 2.40 bits per heavy atom. The summed E-state index contributed by atoms with van der Waals surface area (Å²) in [6, 6.07) is 0.442. The van der Waals surface area contributed by atoms with E-state index in [1.807, 2.05) is 0 Å². The molecule has 2 atom stereocenters. The molecule has 0 saturated carbocycles. The lowest BCUT2D eigenvalue weighted by molar-refractivity contribution is -0.131. The molecule has 2 aliphatic heterocycles. The maximum Gasteiger partial charge on any atom is 0.136 e. The third-order valence-corrected chi connectivity index (χ3v) is 4.12. The Morgan fingerprint density at radius 1 is 1.60 bits per heavy atom. The zero-order valence-electron chi connectivity index (χ0n) is 9.88. The van der Waals surface area contributed by atoms with Crippen LogP contribution in [-0.2, 0) is 4.79 Å². The highest BCUT2D eigenvalue weighted by Crippen LogP contribution is 2.34. The summed E-state index contributed by atoms with van der Waals surface area (Å²) < 4.78 is 0. The van der Waals surface area contributed by atoms with Crippen molar-refractivity contribution in [2.75, 3.05) is 20.1 Å². The molecule has 2 saturated heterocycles. The van der Waals surface area contributed by atoms with Crippen molar-refractivity contribution in [1.29, 1.82) is 0 Å². The molecule has 2 heterocycles. The smallest absolute Gasteiger partial charge is 0.136 e. The standard InChI is InChI=1S/C12H22N2O/c1-3-4-5-12-7-11(15)6-10(14(12)2)8-13-9-12/h10,13H,3-9H2,1-2H3. The van der Waals surface area contributed by atoms with Crippen LogP contribution in [0.5, 0.6) is 0 Å². The summed E-state index contributed by atoms with van der Waals surface area (Å²) in [6.07, 6.45) is 5.11. The van der Waals surface area contributed by atoms with Gasteiger partial charge in [-0.25, -0.2) is 0 Å². The van der Waals surface area contributed by atoms with Crippen LogP contribution in [-0.4, -0.2) is 42.4 Å². The van der Waals surface area contributed by atoms with E-state index in [-0.39, 0.29) is 5.54 Å². The number of ketones is 1. The highest BCUT2D eigenvalue weighted by atomic mass is 16.1. The molecule has 1 N–H and O–H groups in total. The van der Waals surface area contributed by atoms with E-state index in [0.717, 1.165) is 32.4 Å². The predicted octanol–water partition coefficient (Wildman–Crippen LogP) is 1.18. The summed E-state index contributed by atoms with van der Waals surface area (Å²) >= 11 is 0. The average Bonchev–Trinajstić information content (AvgIpc) is 2.18. The first-order valence-electron chi connectivity index (χ1n) is 6.13. The molecule has 0 aromatic carbocycles. The van der Waals surface area contributed by atoms with Gasteiger partial charge in [-0.2, -0.15) is 0 Å². The molecular formula is C12H22N2O. The molecule has 3 heteroatoms. The van der Waals surface area contributed by atoms with E-state index in [9.17, 15) is 4.79 Å². The highest BCUT2D eigenvalue weighted by Gasteiger charge is 2.46. The number of nitrogens with one attached hydrogen (secondary N) is 1. The van der Waals surface area contributed by atoms with Crippen LogP contribution in [0.15, 0.2) is 0 Å². The van der Waals surface area contributed by atoms with Gasteiger partial charge in [-0.15, -0.1) is 0 Å². The van der Waals surface area contributed by atoms with Crippen molar-refractivity contribution in [2.24, 2.45) is 0 Å². The van der Waals surface area contributed by atoms with Gasteiger partial charge in [0.05, 0.1) is 0 Å². The minimum Gasteiger partial charge on any atom is -0.313 e. The van der Waals surface area contributed by atoms with Crippen LogP contribution in [0, 0.1) is 0 Å². The molecule has 0 amide bonds. The fourth-order valence-corrected chi connectivity index (χ4v) is 3.08. The number of unbranched alkanes of at least 4 members (excludes halogenated alkanes) is 1. The zero-order valence-corrected chi connectivity index (χ0v) is 9.88. The van der Waals surface area contributed by atoms with Gasteiger partial charge in [-0.05, 0) is 13.5 Å². The number of hydrogen-bond donors (Lipinski definition) is 1. The quantitative estimate of drug-likeness (QED) is 0.759. The van der Waals surface area contributed by atoms with E-state index < -0.39 is 0 Å². The van der Waals surface area contributed by atoms with E-state index in [1.54, 1.807) is 0 Å². The minimum atomic E-state index is 0.133. The van der Waals surface area contributed by atoms with Gasteiger partial charge < -0.3 is 5.32 Å². The van der Waals surface area contributed by atoms with Crippen LogP contribution in [0.1, 0.15) is 39.0 Å². The number of nitrogens with zero attached hydrogens (tertiary/aromatic N) is 1. The molecule has 2 rings (SSSR count). The summed E-state index contributed by atoms with van der Waals surface area (Å²) in [6.45, 7) is 4.19. The molecular weight excluding hydrogens is 188 g/mol. The number of hydrogen-bond acceptors (Lipinski definition) is 3. The van der Waals surface area contributed by atoms with Gasteiger partial charge in [0.25, 0.3) is 0 Å². The number of piperazine rings is 1. The van der Waals surface area contributed by atoms with Crippen LogP contribution >= 0.6 is 0 Å². The molecule has 0 aromatic heterocycles.